The van der Waals surface area contributed by atoms with Gasteiger partial charge in [0.2, 0.25) is 0 Å². The second kappa shape index (κ2) is 4.55. The van der Waals surface area contributed by atoms with Crippen molar-refractivity contribution in [3.8, 4) is 0 Å². The number of hydrogen-bond acceptors (Lipinski definition) is 2. The van der Waals surface area contributed by atoms with E-state index in [0.29, 0.717) is 0 Å². The maximum atomic E-state index is 11.2. The predicted molar refractivity (Wildman–Crippen MR) is 50.5 cm³/mol. The van der Waals surface area contributed by atoms with Gasteiger partial charge in [0.25, 0.3) is 0 Å². The zero-order chi connectivity index (χ0) is 9.68. The number of benzene rings is 1. The molecule has 1 aromatic carbocycles. The molecule has 0 amide bonds. The van der Waals surface area contributed by atoms with Gasteiger partial charge in [0.05, 0.1) is 0 Å². The third-order valence-electron chi connectivity index (χ3n) is 2.02. The van der Waals surface area contributed by atoms with Crippen molar-refractivity contribution in [3.63, 3.8) is 0 Å². The first-order chi connectivity index (χ1) is 6.25. The maximum Gasteiger partial charge on any atom is 0.137 e. The van der Waals surface area contributed by atoms with E-state index in [0.717, 1.165) is 11.8 Å². The molecule has 1 rings (SSSR count). The molecule has 1 unspecified atom stereocenters. The standard InChI is InChI=1S/C11H12O2/c1-9(13)11(7-8-12)10-5-3-2-4-6-10/h2-6,8,11H,7H2,1H3. The maximum absolute atomic E-state index is 11.2. The Morgan fingerprint density at radius 3 is 2.46 bits per heavy atom. The Bertz CT molecular complexity index is 290. The molecule has 68 valence electrons. The Morgan fingerprint density at radius 2 is 2.00 bits per heavy atom. The summed E-state index contributed by atoms with van der Waals surface area (Å²) in [5, 5.41) is 0. The molecule has 1 atom stereocenters. The van der Waals surface area contributed by atoms with Crippen molar-refractivity contribution in [1.82, 2.24) is 0 Å². The van der Waals surface area contributed by atoms with Gasteiger partial charge in [0, 0.05) is 12.3 Å². The number of carbonyl (C=O) groups is 2. The topological polar surface area (TPSA) is 34.1 Å². The van der Waals surface area contributed by atoms with Crippen LogP contribution < -0.4 is 0 Å². The number of ketones is 1. The van der Waals surface area contributed by atoms with Crippen LogP contribution in [0.1, 0.15) is 24.8 Å². The minimum atomic E-state index is -0.265. The van der Waals surface area contributed by atoms with Gasteiger partial charge >= 0.3 is 0 Å². The Kier molecular flexibility index (Phi) is 3.38. The minimum absolute atomic E-state index is 0.0401. The van der Waals surface area contributed by atoms with Crippen LogP contribution in [0.4, 0.5) is 0 Å². The molecule has 0 fully saturated rings. The monoisotopic (exact) mass is 176 g/mol. The molecule has 0 radical (unpaired) electrons. The molecule has 0 saturated heterocycles. The van der Waals surface area contributed by atoms with Crippen molar-refractivity contribution in [2.24, 2.45) is 0 Å². The molecule has 0 aliphatic heterocycles. The molecule has 1 aromatic rings. The number of Topliss-reactive ketones (excluding diaryl/α,β-unsaturated/α-hetero) is 1. The number of rotatable bonds is 4. The smallest absolute Gasteiger partial charge is 0.137 e. The van der Waals surface area contributed by atoms with Gasteiger partial charge in [0.15, 0.2) is 0 Å². The van der Waals surface area contributed by atoms with E-state index >= 15 is 0 Å². The summed E-state index contributed by atoms with van der Waals surface area (Å²) in [6, 6.07) is 9.37. The van der Waals surface area contributed by atoms with Crippen molar-refractivity contribution in [1.29, 1.82) is 0 Å². The van der Waals surface area contributed by atoms with E-state index < -0.39 is 0 Å². The number of hydrogen-bond donors (Lipinski definition) is 0. The predicted octanol–water partition coefficient (Wildman–Crippen LogP) is 1.95. The van der Waals surface area contributed by atoms with Crippen molar-refractivity contribution in [2.45, 2.75) is 19.3 Å². The fraction of sp³-hybridized carbons (Fsp3) is 0.273. The highest BCUT2D eigenvalue weighted by molar-refractivity contribution is 5.85. The summed E-state index contributed by atoms with van der Waals surface area (Å²) in [4.78, 5) is 21.5. The molecule has 0 aliphatic carbocycles. The van der Waals surface area contributed by atoms with Gasteiger partial charge in [-0.15, -0.1) is 0 Å². The molecule has 0 heterocycles. The molecule has 13 heavy (non-hydrogen) atoms. The average molecular weight is 176 g/mol. The lowest BCUT2D eigenvalue weighted by molar-refractivity contribution is -0.120. The van der Waals surface area contributed by atoms with Gasteiger partial charge in [-0.3, -0.25) is 4.79 Å². The first-order valence-corrected chi connectivity index (χ1v) is 4.24. The molecule has 0 N–H and O–H groups in total. The van der Waals surface area contributed by atoms with Gasteiger partial charge in [-0.2, -0.15) is 0 Å². The first-order valence-electron chi connectivity index (χ1n) is 4.24. The molecule has 0 bridgehead atoms. The van der Waals surface area contributed by atoms with Crippen molar-refractivity contribution >= 4 is 12.1 Å². The zero-order valence-corrected chi connectivity index (χ0v) is 7.57. The van der Waals surface area contributed by atoms with Crippen LogP contribution in [-0.2, 0) is 9.59 Å². The highest BCUT2D eigenvalue weighted by Gasteiger charge is 2.14. The molecule has 2 nitrogen and oxygen atoms in total. The normalized spacial score (nSPS) is 12.1. The summed E-state index contributed by atoms with van der Waals surface area (Å²) < 4.78 is 0. The van der Waals surface area contributed by atoms with Crippen LogP contribution in [0.3, 0.4) is 0 Å². The summed E-state index contributed by atoms with van der Waals surface area (Å²) in [5.41, 5.74) is 0.919. The molecule has 0 spiro atoms. The van der Waals surface area contributed by atoms with Gasteiger partial charge in [-0.05, 0) is 12.5 Å². The van der Waals surface area contributed by atoms with Gasteiger partial charge in [0.1, 0.15) is 12.1 Å². The fourth-order valence-corrected chi connectivity index (χ4v) is 1.32. The van der Waals surface area contributed by atoms with Crippen molar-refractivity contribution < 1.29 is 9.59 Å². The fourth-order valence-electron chi connectivity index (χ4n) is 1.32. The Balaban J connectivity index is 2.88. The largest absolute Gasteiger partial charge is 0.303 e. The van der Waals surface area contributed by atoms with Crippen molar-refractivity contribution in [2.75, 3.05) is 0 Å². The highest BCUT2D eigenvalue weighted by Crippen LogP contribution is 2.18. The summed E-state index contributed by atoms with van der Waals surface area (Å²) >= 11 is 0. The lowest BCUT2D eigenvalue weighted by Crippen LogP contribution is -2.09. The lowest BCUT2D eigenvalue weighted by Gasteiger charge is -2.09. The Hall–Kier alpha value is -1.44. The summed E-state index contributed by atoms with van der Waals surface area (Å²) in [6.45, 7) is 1.52. The SMILES string of the molecule is CC(=O)C(CC=O)c1ccccc1. The van der Waals surface area contributed by atoms with Crippen LogP contribution in [-0.4, -0.2) is 12.1 Å². The van der Waals surface area contributed by atoms with Crippen LogP contribution in [0.25, 0.3) is 0 Å². The first kappa shape index (κ1) is 9.65. The van der Waals surface area contributed by atoms with E-state index in [1.54, 1.807) is 0 Å². The Labute approximate surface area is 77.6 Å². The molecular formula is C11H12O2. The van der Waals surface area contributed by atoms with E-state index in [9.17, 15) is 9.59 Å². The summed E-state index contributed by atoms with van der Waals surface area (Å²) in [7, 11) is 0. The van der Waals surface area contributed by atoms with Crippen LogP contribution in [0, 0.1) is 0 Å². The van der Waals surface area contributed by atoms with Crippen LogP contribution >= 0.6 is 0 Å². The van der Waals surface area contributed by atoms with Crippen LogP contribution in [0.2, 0.25) is 0 Å². The Morgan fingerprint density at radius 1 is 1.38 bits per heavy atom. The summed E-state index contributed by atoms with van der Waals surface area (Å²) in [6.07, 6.45) is 1.07. The van der Waals surface area contributed by atoms with Gasteiger partial charge in [-0.25, -0.2) is 0 Å². The number of aldehydes is 1. The van der Waals surface area contributed by atoms with Crippen molar-refractivity contribution in [3.05, 3.63) is 35.9 Å². The summed E-state index contributed by atoms with van der Waals surface area (Å²) in [5.74, 6) is -0.225. The van der Waals surface area contributed by atoms with E-state index in [2.05, 4.69) is 0 Å². The molecule has 0 aliphatic rings. The third-order valence-corrected chi connectivity index (χ3v) is 2.02. The minimum Gasteiger partial charge on any atom is -0.303 e. The highest BCUT2D eigenvalue weighted by atomic mass is 16.1. The van der Waals surface area contributed by atoms with E-state index in [1.165, 1.54) is 6.92 Å². The molecular weight excluding hydrogens is 164 g/mol. The van der Waals surface area contributed by atoms with E-state index in [-0.39, 0.29) is 18.1 Å². The zero-order valence-electron chi connectivity index (χ0n) is 7.57. The second-order valence-corrected chi connectivity index (χ2v) is 2.98. The number of carbonyl (C=O) groups excluding carboxylic acids is 2. The molecule has 0 aromatic heterocycles. The lowest BCUT2D eigenvalue weighted by atomic mass is 9.93. The van der Waals surface area contributed by atoms with E-state index in [1.807, 2.05) is 30.3 Å². The average Bonchev–Trinajstić information content (AvgIpc) is 2.15. The molecule has 2 heteroatoms. The second-order valence-electron chi connectivity index (χ2n) is 2.98. The molecule has 0 saturated carbocycles. The third kappa shape index (κ3) is 2.51. The van der Waals surface area contributed by atoms with E-state index in [4.69, 9.17) is 0 Å². The quantitative estimate of drug-likeness (QED) is 0.657. The van der Waals surface area contributed by atoms with Gasteiger partial charge in [-0.1, -0.05) is 30.3 Å². The van der Waals surface area contributed by atoms with Gasteiger partial charge < -0.3 is 4.79 Å². The van der Waals surface area contributed by atoms with Crippen LogP contribution in [0.15, 0.2) is 30.3 Å². The van der Waals surface area contributed by atoms with Crippen LogP contribution in [0.5, 0.6) is 0 Å².